The number of ether oxygens (including phenoxy) is 2. The molecule has 4 nitrogen and oxygen atoms in total. The number of rotatable bonds is 6. The quantitative estimate of drug-likeness (QED) is 0.573. The molecule has 0 aliphatic heterocycles. The van der Waals surface area contributed by atoms with Crippen LogP contribution in [0.25, 0.3) is 0 Å². The van der Waals surface area contributed by atoms with Crippen LogP contribution in [0.5, 0.6) is 5.75 Å². The minimum atomic E-state index is -0.394. The number of carbonyl (C=O) groups excluding carboxylic acids is 2. The van der Waals surface area contributed by atoms with Gasteiger partial charge in [-0.25, -0.2) is 0 Å². The number of esters is 2. The Labute approximate surface area is 107 Å². The maximum Gasteiger partial charge on any atom is 0.315 e. The molecule has 1 radical (unpaired) electrons. The molecule has 0 saturated carbocycles. The van der Waals surface area contributed by atoms with Crippen molar-refractivity contribution in [2.75, 3.05) is 7.11 Å². The van der Waals surface area contributed by atoms with Crippen molar-refractivity contribution in [3.63, 3.8) is 0 Å². The van der Waals surface area contributed by atoms with Gasteiger partial charge in [-0.2, -0.15) is 0 Å². The Balaban J connectivity index is 2.69. The lowest BCUT2D eigenvalue weighted by Crippen LogP contribution is -2.11. The fraction of sp³-hybridized carbons (Fsp3) is 0.357. The Hall–Kier alpha value is -1.84. The van der Waals surface area contributed by atoms with E-state index in [4.69, 9.17) is 4.74 Å². The molecule has 0 amide bonds. The summed E-state index contributed by atoms with van der Waals surface area (Å²) >= 11 is 0. The van der Waals surface area contributed by atoms with Crippen molar-refractivity contribution in [3.05, 3.63) is 36.2 Å². The summed E-state index contributed by atoms with van der Waals surface area (Å²) in [6.45, 7) is 1.98. The summed E-state index contributed by atoms with van der Waals surface area (Å²) in [6.07, 6.45) is 3.15. The maximum absolute atomic E-state index is 11.5. The molecular formula is C14H17O4. The SMILES string of the molecule is CCC[CH]C(=O)Oc1ccccc1CC(=O)OC. The molecule has 0 spiro atoms. The van der Waals surface area contributed by atoms with Crippen LogP contribution >= 0.6 is 0 Å². The molecule has 0 fully saturated rings. The molecule has 1 aromatic rings. The van der Waals surface area contributed by atoms with Crippen LogP contribution in [0.4, 0.5) is 0 Å². The number of para-hydroxylation sites is 1. The van der Waals surface area contributed by atoms with Gasteiger partial charge in [-0.3, -0.25) is 9.59 Å². The topological polar surface area (TPSA) is 52.6 Å². The van der Waals surface area contributed by atoms with Crippen molar-refractivity contribution in [1.82, 2.24) is 0 Å². The molecule has 0 aliphatic carbocycles. The van der Waals surface area contributed by atoms with Crippen molar-refractivity contribution in [2.24, 2.45) is 0 Å². The fourth-order valence-corrected chi connectivity index (χ4v) is 1.39. The highest BCUT2D eigenvalue weighted by Gasteiger charge is 2.11. The van der Waals surface area contributed by atoms with Gasteiger partial charge in [-0.1, -0.05) is 31.5 Å². The maximum atomic E-state index is 11.5. The van der Waals surface area contributed by atoms with Crippen LogP contribution in [0.3, 0.4) is 0 Å². The predicted molar refractivity (Wildman–Crippen MR) is 67.0 cm³/mol. The van der Waals surface area contributed by atoms with Gasteiger partial charge in [0, 0.05) is 5.56 Å². The summed E-state index contributed by atoms with van der Waals surface area (Å²) in [5, 5.41) is 0. The smallest absolute Gasteiger partial charge is 0.315 e. The first-order valence-electron chi connectivity index (χ1n) is 5.87. The second kappa shape index (κ2) is 7.48. The Morgan fingerprint density at radius 3 is 2.67 bits per heavy atom. The van der Waals surface area contributed by atoms with Crippen molar-refractivity contribution >= 4 is 11.9 Å². The number of hydrogen-bond acceptors (Lipinski definition) is 4. The number of unbranched alkanes of at least 4 members (excludes halogenated alkanes) is 1. The van der Waals surface area contributed by atoms with Crippen LogP contribution in [0, 0.1) is 6.42 Å². The van der Waals surface area contributed by atoms with E-state index < -0.39 is 5.97 Å². The highest BCUT2D eigenvalue weighted by Crippen LogP contribution is 2.19. The van der Waals surface area contributed by atoms with Crippen molar-refractivity contribution < 1.29 is 19.1 Å². The largest absolute Gasteiger partial charge is 0.469 e. The highest BCUT2D eigenvalue weighted by atomic mass is 16.5. The van der Waals surface area contributed by atoms with Gasteiger partial charge >= 0.3 is 11.9 Å². The molecule has 0 aromatic heterocycles. The van der Waals surface area contributed by atoms with E-state index in [0.29, 0.717) is 17.7 Å². The Morgan fingerprint density at radius 1 is 1.28 bits per heavy atom. The zero-order valence-electron chi connectivity index (χ0n) is 10.6. The average Bonchev–Trinajstić information content (AvgIpc) is 2.38. The molecule has 18 heavy (non-hydrogen) atoms. The lowest BCUT2D eigenvalue weighted by Gasteiger charge is -2.08. The summed E-state index contributed by atoms with van der Waals surface area (Å²) in [7, 11) is 1.33. The molecule has 0 atom stereocenters. The van der Waals surface area contributed by atoms with E-state index in [1.807, 2.05) is 6.92 Å². The fourth-order valence-electron chi connectivity index (χ4n) is 1.39. The first-order valence-corrected chi connectivity index (χ1v) is 5.87. The summed E-state index contributed by atoms with van der Waals surface area (Å²) in [5.41, 5.74) is 0.641. The highest BCUT2D eigenvalue weighted by molar-refractivity contribution is 5.82. The lowest BCUT2D eigenvalue weighted by molar-refractivity contribution is -0.140. The van der Waals surface area contributed by atoms with Gasteiger partial charge in [0.2, 0.25) is 0 Å². The summed E-state index contributed by atoms with van der Waals surface area (Å²) in [6, 6.07) is 6.93. The van der Waals surface area contributed by atoms with Crippen LogP contribution in [0.2, 0.25) is 0 Å². The Bertz CT molecular complexity index is 412. The third kappa shape index (κ3) is 4.57. The van der Waals surface area contributed by atoms with E-state index in [9.17, 15) is 9.59 Å². The molecule has 1 aromatic carbocycles. The number of carbonyl (C=O) groups is 2. The van der Waals surface area contributed by atoms with E-state index in [1.165, 1.54) is 13.5 Å². The summed E-state index contributed by atoms with van der Waals surface area (Å²) in [4.78, 5) is 22.7. The average molecular weight is 249 g/mol. The number of hydrogen-bond donors (Lipinski definition) is 0. The third-order valence-electron chi connectivity index (χ3n) is 2.35. The van der Waals surface area contributed by atoms with E-state index in [2.05, 4.69) is 4.74 Å². The molecule has 0 unspecified atom stereocenters. The molecule has 1 rings (SSSR count). The summed E-state index contributed by atoms with van der Waals surface area (Å²) < 4.78 is 9.78. The monoisotopic (exact) mass is 249 g/mol. The van der Waals surface area contributed by atoms with Crippen molar-refractivity contribution in [2.45, 2.75) is 26.2 Å². The van der Waals surface area contributed by atoms with Gasteiger partial charge in [0.05, 0.1) is 20.0 Å². The van der Waals surface area contributed by atoms with E-state index in [0.717, 1.165) is 6.42 Å². The molecule has 0 aliphatic rings. The van der Waals surface area contributed by atoms with Gasteiger partial charge in [0.25, 0.3) is 0 Å². The molecule has 0 N–H and O–H groups in total. The second-order valence-corrected chi connectivity index (χ2v) is 3.77. The standard InChI is InChI=1S/C14H17O4/c1-3-4-9-13(15)18-12-8-6-5-7-11(12)10-14(16)17-2/h5-9H,3-4,10H2,1-2H3. The minimum absolute atomic E-state index is 0.0910. The van der Waals surface area contributed by atoms with Crippen LogP contribution in [-0.4, -0.2) is 19.0 Å². The van der Waals surface area contributed by atoms with E-state index in [-0.39, 0.29) is 12.4 Å². The Kier molecular flexibility index (Phi) is 5.91. The summed E-state index contributed by atoms with van der Waals surface area (Å²) in [5.74, 6) is -0.356. The van der Waals surface area contributed by atoms with Crippen LogP contribution in [0.1, 0.15) is 25.3 Å². The van der Waals surface area contributed by atoms with Crippen molar-refractivity contribution in [3.8, 4) is 5.75 Å². The first kappa shape index (κ1) is 14.2. The number of methoxy groups -OCH3 is 1. The molecule has 4 heteroatoms. The van der Waals surface area contributed by atoms with E-state index in [1.54, 1.807) is 24.3 Å². The number of benzene rings is 1. The van der Waals surface area contributed by atoms with Gasteiger partial charge in [-0.15, -0.1) is 0 Å². The zero-order valence-corrected chi connectivity index (χ0v) is 10.6. The normalized spacial score (nSPS) is 9.89. The van der Waals surface area contributed by atoms with Gasteiger partial charge in [0.15, 0.2) is 0 Å². The molecule has 0 bridgehead atoms. The first-order chi connectivity index (χ1) is 8.67. The van der Waals surface area contributed by atoms with Crippen LogP contribution in [-0.2, 0) is 20.7 Å². The lowest BCUT2D eigenvalue weighted by atomic mass is 10.1. The van der Waals surface area contributed by atoms with Gasteiger partial charge in [-0.05, 0) is 12.5 Å². The molecule has 0 heterocycles. The molecule has 97 valence electrons. The zero-order chi connectivity index (χ0) is 13.4. The van der Waals surface area contributed by atoms with Gasteiger partial charge < -0.3 is 9.47 Å². The van der Waals surface area contributed by atoms with E-state index >= 15 is 0 Å². The predicted octanol–water partition coefficient (Wildman–Crippen LogP) is 2.31. The van der Waals surface area contributed by atoms with Crippen molar-refractivity contribution in [1.29, 1.82) is 0 Å². The molecule has 0 saturated heterocycles. The minimum Gasteiger partial charge on any atom is -0.469 e. The van der Waals surface area contributed by atoms with Crippen LogP contribution in [0.15, 0.2) is 24.3 Å². The Morgan fingerprint density at radius 2 is 2.00 bits per heavy atom. The van der Waals surface area contributed by atoms with Crippen LogP contribution < -0.4 is 4.74 Å². The van der Waals surface area contributed by atoms with Gasteiger partial charge in [0.1, 0.15) is 5.75 Å². The third-order valence-corrected chi connectivity index (χ3v) is 2.35. The second-order valence-electron chi connectivity index (χ2n) is 3.77. The molecular weight excluding hydrogens is 232 g/mol.